The maximum Gasteiger partial charge on any atom is 0.262 e. The third-order valence-electron chi connectivity index (χ3n) is 4.24. The van der Waals surface area contributed by atoms with E-state index >= 15 is 0 Å². The van der Waals surface area contributed by atoms with Crippen molar-refractivity contribution in [2.75, 3.05) is 18.0 Å². The van der Waals surface area contributed by atoms with E-state index in [0.29, 0.717) is 41.4 Å². The first-order valence-corrected chi connectivity index (χ1v) is 7.89. The van der Waals surface area contributed by atoms with Crippen LogP contribution in [0.2, 0.25) is 0 Å². The largest absolute Gasteiger partial charge is 0.487 e. The number of ether oxygens (including phenoxy) is 1. The second-order valence-electron chi connectivity index (χ2n) is 5.93. The van der Waals surface area contributed by atoms with Crippen molar-refractivity contribution >= 4 is 16.9 Å². The zero-order valence-electron chi connectivity index (χ0n) is 13.6. The van der Waals surface area contributed by atoms with Gasteiger partial charge in [-0.1, -0.05) is 12.1 Å². The average Bonchev–Trinajstić information content (AvgIpc) is 2.61. The maximum atomic E-state index is 12.5. The zero-order valence-corrected chi connectivity index (χ0v) is 13.6. The summed E-state index contributed by atoms with van der Waals surface area (Å²) in [6.07, 6.45) is 1.54. The molecule has 1 aliphatic rings. The molecule has 0 atom stereocenters. The summed E-state index contributed by atoms with van der Waals surface area (Å²) in [5, 5.41) is 9.50. The Balaban J connectivity index is 1.52. The molecule has 0 bridgehead atoms. The highest BCUT2D eigenvalue weighted by molar-refractivity contribution is 5.78. The predicted octanol–water partition coefficient (Wildman–Crippen LogP) is 1.47. The molecule has 0 saturated carbocycles. The Morgan fingerprint density at radius 2 is 2.08 bits per heavy atom. The second-order valence-corrected chi connectivity index (χ2v) is 5.93. The van der Waals surface area contributed by atoms with Gasteiger partial charge in [-0.15, -0.1) is 0 Å². The highest BCUT2D eigenvalue weighted by Gasteiger charge is 2.31. The Bertz CT molecular complexity index is 1050. The lowest BCUT2D eigenvalue weighted by atomic mass is 10.1. The van der Waals surface area contributed by atoms with Gasteiger partial charge in [0.25, 0.3) is 5.56 Å². The summed E-state index contributed by atoms with van der Waals surface area (Å²) in [6.45, 7) is 1.26. The first kappa shape index (κ1) is 15.1. The van der Waals surface area contributed by atoms with Crippen LogP contribution in [0.15, 0.2) is 47.4 Å². The smallest absolute Gasteiger partial charge is 0.262 e. The van der Waals surface area contributed by atoms with Crippen molar-refractivity contribution in [3.05, 3.63) is 58.6 Å². The quantitative estimate of drug-likeness (QED) is 0.722. The summed E-state index contributed by atoms with van der Waals surface area (Å²) in [7, 11) is 1.73. The van der Waals surface area contributed by atoms with E-state index in [9.17, 15) is 4.79 Å². The molecule has 3 heterocycles. The van der Waals surface area contributed by atoms with E-state index < -0.39 is 0 Å². The van der Waals surface area contributed by atoms with Gasteiger partial charge in [-0.25, -0.2) is 9.97 Å². The lowest BCUT2D eigenvalue weighted by Crippen LogP contribution is -2.55. The van der Waals surface area contributed by atoms with Crippen LogP contribution in [0.1, 0.15) is 5.69 Å². The number of hydrogen-bond acceptors (Lipinski definition) is 6. The highest BCUT2D eigenvalue weighted by atomic mass is 16.5. The van der Waals surface area contributed by atoms with Crippen LogP contribution in [-0.4, -0.2) is 33.7 Å². The third kappa shape index (κ3) is 2.68. The van der Waals surface area contributed by atoms with Crippen LogP contribution in [0, 0.1) is 11.3 Å². The number of pyridine rings is 1. The Morgan fingerprint density at radius 1 is 1.28 bits per heavy atom. The molecule has 0 aliphatic carbocycles. The molecule has 3 aromatic rings. The zero-order chi connectivity index (χ0) is 17.4. The number of benzene rings is 1. The van der Waals surface area contributed by atoms with Crippen LogP contribution in [0.4, 0.5) is 5.95 Å². The number of nitriles is 1. The number of anilines is 1. The van der Waals surface area contributed by atoms with E-state index in [1.54, 1.807) is 36.0 Å². The number of aromatic nitrogens is 3. The molecule has 1 aliphatic heterocycles. The van der Waals surface area contributed by atoms with Crippen molar-refractivity contribution in [1.82, 2.24) is 14.5 Å². The third-order valence-corrected chi connectivity index (χ3v) is 4.24. The average molecular weight is 333 g/mol. The summed E-state index contributed by atoms with van der Waals surface area (Å²) >= 11 is 0. The highest BCUT2D eigenvalue weighted by Crippen LogP contribution is 2.23. The molecule has 7 nitrogen and oxygen atoms in total. The monoisotopic (exact) mass is 333 g/mol. The van der Waals surface area contributed by atoms with Crippen molar-refractivity contribution in [2.45, 2.75) is 6.10 Å². The van der Waals surface area contributed by atoms with Crippen molar-refractivity contribution in [2.24, 2.45) is 7.05 Å². The summed E-state index contributed by atoms with van der Waals surface area (Å²) in [5.74, 6) is 1.26. The van der Waals surface area contributed by atoms with Crippen LogP contribution in [0.5, 0.6) is 5.75 Å². The van der Waals surface area contributed by atoms with E-state index in [2.05, 4.69) is 9.97 Å². The molecule has 1 aromatic carbocycles. The number of para-hydroxylation sites is 1. The van der Waals surface area contributed by atoms with Crippen LogP contribution >= 0.6 is 0 Å². The van der Waals surface area contributed by atoms with Crippen LogP contribution in [-0.2, 0) is 7.05 Å². The molecular weight excluding hydrogens is 318 g/mol. The Kier molecular flexibility index (Phi) is 3.58. The van der Waals surface area contributed by atoms with Crippen LogP contribution in [0.3, 0.4) is 0 Å². The minimum atomic E-state index is -0.0576. The van der Waals surface area contributed by atoms with Gasteiger partial charge in [-0.3, -0.25) is 9.36 Å². The molecule has 1 fully saturated rings. The lowest BCUT2D eigenvalue weighted by molar-refractivity contribution is 0.165. The standard InChI is InChI=1S/C18H15N5O2/c1-22-17(24)15-4-2-3-5-16(15)21-18(22)23-10-14(11-23)25-13-6-7-20-12(8-13)9-19/h2-8,14H,10-11H2,1H3. The first-order chi connectivity index (χ1) is 12.2. The van der Waals surface area contributed by atoms with Gasteiger partial charge in [-0.05, 0) is 18.2 Å². The van der Waals surface area contributed by atoms with E-state index in [4.69, 9.17) is 10.00 Å². The fourth-order valence-electron chi connectivity index (χ4n) is 2.90. The fraction of sp³-hybridized carbons (Fsp3) is 0.222. The Labute approximate surface area is 143 Å². The van der Waals surface area contributed by atoms with Gasteiger partial charge in [0.05, 0.1) is 24.0 Å². The number of rotatable bonds is 3. The summed E-state index contributed by atoms with van der Waals surface area (Å²) in [5.41, 5.74) is 0.961. The molecular formula is C18H15N5O2. The summed E-state index contributed by atoms with van der Waals surface area (Å²) < 4.78 is 7.42. The van der Waals surface area contributed by atoms with Gasteiger partial charge in [0.15, 0.2) is 0 Å². The molecule has 0 N–H and O–H groups in total. The van der Waals surface area contributed by atoms with Gasteiger partial charge in [-0.2, -0.15) is 5.26 Å². The fourth-order valence-corrected chi connectivity index (χ4v) is 2.90. The molecule has 0 unspecified atom stereocenters. The Hall–Kier alpha value is -3.40. The second kappa shape index (κ2) is 5.91. The molecule has 7 heteroatoms. The number of fused-ring (bicyclic) bond motifs is 1. The van der Waals surface area contributed by atoms with Crippen LogP contribution in [0.25, 0.3) is 10.9 Å². The van der Waals surface area contributed by atoms with Gasteiger partial charge < -0.3 is 9.64 Å². The van der Waals surface area contributed by atoms with Gasteiger partial charge >= 0.3 is 0 Å². The van der Waals surface area contributed by atoms with Crippen molar-refractivity contribution in [3.63, 3.8) is 0 Å². The molecule has 0 amide bonds. The minimum Gasteiger partial charge on any atom is -0.487 e. The molecule has 4 rings (SSSR count). The summed E-state index contributed by atoms with van der Waals surface area (Å²) in [6, 6.07) is 12.7. The lowest BCUT2D eigenvalue weighted by Gasteiger charge is -2.40. The predicted molar refractivity (Wildman–Crippen MR) is 92.6 cm³/mol. The molecule has 0 spiro atoms. The molecule has 25 heavy (non-hydrogen) atoms. The maximum absolute atomic E-state index is 12.5. The van der Waals surface area contributed by atoms with Gasteiger partial charge in [0.2, 0.25) is 5.95 Å². The van der Waals surface area contributed by atoms with E-state index in [-0.39, 0.29) is 11.7 Å². The van der Waals surface area contributed by atoms with Crippen LogP contribution < -0.4 is 15.2 Å². The van der Waals surface area contributed by atoms with E-state index in [1.165, 1.54) is 0 Å². The van der Waals surface area contributed by atoms with Crippen molar-refractivity contribution in [3.8, 4) is 11.8 Å². The van der Waals surface area contributed by atoms with Gasteiger partial charge in [0, 0.05) is 19.3 Å². The first-order valence-electron chi connectivity index (χ1n) is 7.89. The Morgan fingerprint density at radius 3 is 2.88 bits per heavy atom. The minimum absolute atomic E-state index is 0.0164. The SMILES string of the molecule is Cn1c(N2CC(Oc3ccnc(C#N)c3)C2)nc2ccccc2c1=O. The normalized spacial score (nSPS) is 14.2. The van der Waals surface area contributed by atoms with Gasteiger partial charge in [0.1, 0.15) is 23.6 Å². The molecule has 2 aromatic heterocycles. The number of nitrogens with zero attached hydrogens (tertiary/aromatic N) is 5. The molecule has 0 radical (unpaired) electrons. The van der Waals surface area contributed by atoms with Crippen molar-refractivity contribution < 1.29 is 4.74 Å². The number of hydrogen-bond donors (Lipinski definition) is 0. The van der Waals surface area contributed by atoms with Crippen molar-refractivity contribution in [1.29, 1.82) is 5.26 Å². The van der Waals surface area contributed by atoms with E-state index in [0.717, 1.165) is 0 Å². The molecule has 1 saturated heterocycles. The van der Waals surface area contributed by atoms with E-state index in [1.807, 2.05) is 29.2 Å². The molecule has 124 valence electrons. The topological polar surface area (TPSA) is 84.0 Å². The summed E-state index contributed by atoms with van der Waals surface area (Å²) in [4.78, 5) is 23.0.